The number of aromatic carboxylic acids is 1. The number of carbonyl (C=O) groups is 2. The Kier molecular flexibility index (Phi) is 4.01. The number of benzene rings is 1. The minimum absolute atomic E-state index is 0.115. The average molecular weight is 256 g/mol. The molecule has 0 radical (unpaired) electrons. The molecule has 0 bridgehead atoms. The Morgan fingerprint density at radius 3 is 2.35 bits per heavy atom. The van der Waals surface area contributed by atoms with Crippen molar-refractivity contribution in [3.63, 3.8) is 0 Å². The molecule has 0 amide bonds. The molecule has 92 valence electrons. The zero-order chi connectivity index (χ0) is 13.1. The van der Waals surface area contributed by atoms with Gasteiger partial charge in [0.25, 0.3) is 0 Å². The van der Waals surface area contributed by atoms with Crippen molar-refractivity contribution in [2.45, 2.75) is 18.2 Å². The molecule has 6 heteroatoms. The molecular weight excluding hydrogens is 244 g/mol. The fraction of sp³-hybridized carbons (Fsp3) is 0.273. The Morgan fingerprint density at radius 2 is 1.82 bits per heavy atom. The van der Waals surface area contributed by atoms with Crippen LogP contribution in [0.4, 0.5) is 0 Å². The van der Waals surface area contributed by atoms with E-state index < -0.39 is 15.8 Å². The lowest BCUT2D eigenvalue weighted by Gasteiger charge is -2.06. The van der Waals surface area contributed by atoms with Gasteiger partial charge in [-0.1, -0.05) is 12.1 Å². The summed E-state index contributed by atoms with van der Waals surface area (Å²) in [5, 5.41) is 8.88. The Hall–Kier alpha value is -1.69. The molecule has 0 heterocycles. The number of carboxylic acids is 1. The Morgan fingerprint density at radius 1 is 1.24 bits per heavy atom. The van der Waals surface area contributed by atoms with Crippen molar-refractivity contribution in [3.05, 3.63) is 29.8 Å². The number of hydrogen-bond donors (Lipinski definition) is 1. The van der Waals surface area contributed by atoms with Gasteiger partial charge in [-0.05, 0) is 19.1 Å². The van der Waals surface area contributed by atoms with Gasteiger partial charge in [-0.3, -0.25) is 4.79 Å². The highest BCUT2D eigenvalue weighted by Crippen LogP contribution is 2.17. The second kappa shape index (κ2) is 5.09. The Balaban J connectivity index is 3.15. The Labute approximate surface area is 99.0 Å². The van der Waals surface area contributed by atoms with E-state index in [4.69, 9.17) is 5.11 Å². The van der Waals surface area contributed by atoms with E-state index >= 15 is 0 Å². The van der Waals surface area contributed by atoms with E-state index in [2.05, 4.69) is 0 Å². The van der Waals surface area contributed by atoms with E-state index in [1.165, 1.54) is 31.2 Å². The van der Waals surface area contributed by atoms with Crippen molar-refractivity contribution >= 4 is 21.6 Å². The first-order valence-electron chi connectivity index (χ1n) is 4.89. The Bertz CT molecular complexity index is 545. The third kappa shape index (κ3) is 3.39. The van der Waals surface area contributed by atoms with Crippen LogP contribution in [0.5, 0.6) is 0 Å². The first kappa shape index (κ1) is 13.4. The molecule has 0 unspecified atom stereocenters. The minimum Gasteiger partial charge on any atom is -0.478 e. The van der Waals surface area contributed by atoms with E-state index in [1.54, 1.807) is 0 Å². The molecule has 0 aliphatic heterocycles. The first-order chi connectivity index (χ1) is 7.84. The van der Waals surface area contributed by atoms with Crippen LogP contribution < -0.4 is 0 Å². The predicted molar refractivity (Wildman–Crippen MR) is 60.8 cm³/mol. The molecule has 0 saturated carbocycles. The van der Waals surface area contributed by atoms with E-state index in [9.17, 15) is 18.0 Å². The first-order valence-corrected chi connectivity index (χ1v) is 6.54. The topological polar surface area (TPSA) is 88.5 Å². The smallest absolute Gasteiger partial charge is 0.337 e. The van der Waals surface area contributed by atoms with Crippen LogP contribution in [0.15, 0.2) is 29.2 Å². The second-order valence-electron chi connectivity index (χ2n) is 3.57. The maximum Gasteiger partial charge on any atom is 0.337 e. The van der Waals surface area contributed by atoms with Crippen LogP contribution in [-0.2, 0) is 14.6 Å². The second-order valence-corrected chi connectivity index (χ2v) is 5.65. The lowest BCUT2D eigenvalue weighted by atomic mass is 10.2. The number of carbonyl (C=O) groups excluding carboxylic acids is 1. The van der Waals surface area contributed by atoms with Crippen LogP contribution in [0.1, 0.15) is 23.7 Å². The van der Waals surface area contributed by atoms with E-state index in [1.807, 2.05) is 0 Å². The number of Topliss-reactive ketones (excluding diaryl/α,β-unsaturated/α-hetero) is 1. The normalized spacial score (nSPS) is 11.1. The molecule has 0 saturated heterocycles. The molecule has 5 nitrogen and oxygen atoms in total. The highest BCUT2D eigenvalue weighted by molar-refractivity contribution is 7.91. The molecule has 1 rings (SSSR count). The van der Waals surface area contributed by atoms with Gasteiger partial charge < -0.3 is 5.11 Å². The van der Waals surface area contributed by atoms with Crippen molar-refractivity contribution < 1.29 is 23.1 Å². The van der Waals surface area contributed by atoms with Crippen LogP contribution in [0.2, 0.25) is 0 Å². The van der Waals surface area contributed by atoms with Gasteiger partial charge in [-0.15, -0.1) is 0 Å². The van der Waals surface area contributed by atoms with E-state index in [-0.39, 0.29) is 28.4 Å². The summed E-state index contributed by atoms with van der Waals surface area (Å²) in [7, 11) is -3.73. The van der Waals surface area contributed by atoms with Crippen molar-refractivity contribution in [1.29, 1.82) is 0 Å². The summed E-state index contributed by atoms with van der Waals surface area (Å²) >= 11 is 0. The van der Waals surface area contributed by atoms with Crippen molar-refractivity contribution in [2.24, 2.45) is 0 Å². The number of carboxylic acid groups (broad SMARTS) is 1. The van der Waals surface area contributed by atoms with Gasteiger partial charge in [-0.2, -0.15) is 0 Å². The third-order valence-electron chi connectivity index (χ3n) is 2.18. The molecule has 0 spiro atoms. The van der Waals surface area contributed by atoms with Crippen LogP contribution in [0.3, 0.4) is 0 Å². The number of sulfone groups is 1. The van der Waals surface area contributed by atoms with Crippen molar-refractivity contribution in [1.82, 2.24) is 0 Å². The summed E-state index contributed by atoms with van der Waals surface area (Å²) in [6.07, 6.45) is -0.115. The molecule has 0 atom stereocenters. The molecule has 0 aromatic heterocycles. The van der Waals surface area contributed by atoms with Crippen molar-refractivity contribution in [3.8, 4) is 0 Å². The van der Waals surface area contributed by atoms with Crippen LogP contribution in [0, 0.1) is 0 Å². The standard InChI is InChI=1S/C11H12O5S/c1-8(12)6-7-17(15,16)10-5-3-2-4-9(10)11(13)14/h2-5H,6-7H2,1H3,(H,13,14). The highest BCUT2D eigenvalue weighted by Gasteiger charge is 2.21. The summed E-state index contributed by atoms with van der Waals surface area (Å²) in [6.45, 7) is 1.29. The fourth-order valence-electron chi connectivity index (χ4n) is 1.30. The van der Waals surface area contributed by atoms with Crippen LogP contribution in [0.25, 0.3) is 0 Å². The lowest BCUT2D eigenvalue weighted by molar-refractivity contribution is -0.116. The van der Waals surface area contributed by atoms with Gasteiger partial charge in [0.2, 0.25) is 0 Å². The SMILES string of the molecule is CC(=O)CCS(=O)(=O)c1ccccc1C(=O)O. The zero-order valence-corrected chi connectivity index (χ0v) is 10.0. The van der Waals surface area contributed by atoms with Crippen molar-refractivity contribution in [2.75, 3.05) is 5.75 Å². The van der Waals surface area contributed by atoms with E-state index in [0.29, 0.717) is 0 Å². The summed E-state index contributed by atoms with van der Waals surface area (Å²) in [5.74, 6) is -1.92. The fourth-order valence-corrected chi connectivity index (χ4v) is 2.85. The van der Waals surface area contributed by atoms with E-state index in [0.717, 1.165) is 0 Å². The van der Waals surface area contributed by atoms with Gasteiger partial charge >= 0.3 is 5.97 Å². The van der Waals surface area contributed by atoms with Gasteiger partial charge in [0.05, 0.1) is 16.2 Å². The molecule has 17 heavy (non-hydrogen) atoms. The molecular formula is C11H12O5S. The number of ketones is 1. The monoisotopic (exact) mass is 256 g/mol. The van der Waals surface area contributed by atoms with Crippen LogP contribution in [-0.4, -0.2) is 31.0 Å². The van der Waals surface area contributed by atoms with Gasteiger partial charge in [0.1, 0.15) is 5.78 Å². The summed E-state index contributed by atoms with van der Waals surface area (Å²) in [4.78, 5) is 21.4. The quantitative estimate of drug-likeness (QED) is 0.853. The summed E-state index contributed by atoms with van der Waals surface area (Å²) < 4.78 is 23.7. The van der Waals surface area contributed by atoms with Gasteiger partial charge in [0.15, 0.2) is 9.84 Å². The molecule has 0 aliphatic carbocycles. The lowest BCUT2D eigenvalue weighted by Crippen LogP contribution is -2.14. The summed E-state index contributed by atoms with van der Waals surface area (Å²) in [5.41, 5.74) is -0.268. The van der Waals surface area contributed by atoms with Gasteiger partial charge in [-0.25, -0.2) is 13.2 Å². The summed E-state index contributed by atoms with van der Waals surface area (Å²) in [6, 6.07) is 5.36. The van der Waals surface area contributed by atoms with Crippen LogP contribution >= 0.6 is 0 Å². The third-order valence-corrected chi connectivity index (χ3v) is 3.94. The maximum absolute atomic E-state index is 11.8. The molecule has 1 aromatic rings. The predicted octanol–water partition coefficient (Wildman–Crippen LogP) is 1.14. The average Bonchev–Trinajstić information content (AvgIpc) is 2.26. The highest BCUT2D eigenvalue weighted by atomic mass is 32.2. The van der Waals surface area contributed by atoms with Gasteiger partial charge in [0, 0.05) is 6.42 Å². The molecule has 0 fully saturated rings. The molecule has 1 aromatic carbocycles. The minimum atomic E-state index is -3.73. The molecule has 0 aliphatic rings. The largest absolute Gasteiger partial charge is 0.478 e. The maximum atomic E-state index is 11.8. The zero-order valence-electron chi connectivity index (χ0n) is 9.21. The molecule has 1 N–H and O–H groups in total. The number of hydrogen-bond acceptors (Lipinski definition) is 4. The number of rotatable bonds is 5.